The van der Waals surface area contributed by atoms with E-state index in [9.17, 15) is 28.8 Å². The molecule has 4 atom stereocenters. The van der Waals surface area contributed by atoms with Gasteiger partial charge in [0, 0.05) is 6.42 Å². The second-order valence-corrected chi connectivity index (χ2v) is 12.9. The van der Waals surface area contributed by atoms with Crippen LogP contribution in [0.4, 0.5) is 0 Å². The molecule has 13 heteroatoms. The van der Waals surface area contributed by atoms with Gasteiger partial charge in [0.15, 0.2) is 0 Å². The fraction of sp³-hybridized carbons (Fsp3) is 0.471. The average molecular weight is 653 g/mol. The van der Waals surface area contributed by atoms with Crippen molar-refractivity contribution >= 4 is 35.5 Å². The van der Waals surface area contributed by atoms with Crippen molar-refractivity contribution in [3.63, 3.8) is 0 Å². The number of esters is 1. The number of benzene rings is 2. The van der Waals surface area contributed by atoms with Gasteiger partial charge in [-0.15, -0.1) is 0 Å². The first-order valence-electron chi connectivity index (χ1n) is 15.5. The molecule has 0 spiro atoms. The zero-order chi connectivity index (χ0) is 35.3. The number of nitrogens with two attached hydrogens (primary N) is 2. The van der Waals surface area contributed by atoms with Gasteiger partial charge in [-0.05, 0) is 69.7 Å². The number of nitrogens with one attached hydrogen (secondary N) is 4. The van der Waals surface area contributed by atoms with Crippen molar-refractivity contribution in [1.29, 1.82) is 0 Å². The summed E-state index contributed by atoms with van der Waals surface area (Å²) in [6.45, 7) is 10.00. The van der Waals surface area contributed by atoms with Gasteiger partial charge < -0.3 is 37.5 Å². The largest absolute Gasteiger partial charge is 0.426 e. The quantitative estimate of drug-likeness (QED) is 0.113. The molecule has 13 nitrogen and oxygen atoms in total. The normalized spacial score (nSPS) is 13.8. The minimum atomic E-state index is -1.05. The Morgan fingerprint density at radius 2 is 1.34 bits per heavy atom. The zero-order valence-electron chi connectivity index (χ0n) is 27.9. The lowest BCUT2D eigenvalue weighted by Crippen LogP contribution is -2.56. The molecule has 2 rings (SSSR count). The highest BCUT2D eigenvalue weighted by atomic mass is 16.5. The molecule has 0 aliphatic heterocycles. The molecular formula is C34H48N6O7. The number of carbonyl (C=O) groups is 6. The van der Waals surface area contributed by atoms with Crippen LogP contribution in [0, 0.1) is 11.3 Å². The number of rotatable bonds is 16. The second kappa shape index (κ2) is 17.8. The van der Waals surface area contributed by atoms with E-state index in [1.165, 1.54) is 6.92 Å². The van der Waals surface area contributed by atoms with Crippen molar-refractivity contribution in [3.05, 3.63) is 65.7 Å². The highest BCUT2D eigenvalue weighted by molar-refractivity contribution is 5.94. The fourth-order valence-corrected chi connectivity index (χ4v) is 4.30. The van der Waals surface area contributed by atoms with Gasteiger partial charge in [-0.2, -0.15) is 0 Å². The van der Waals surface area contributed by atoms with Crippen molar-refractivity contribution in [2.75, 3.05) is 6.54 Å². The topological polar surface area (TPSA) is 212 Å². The molecule has 0 aromatic heterocycles. The van der Waals surface area contributed by atoms with E-state index >= 15 is 0 Å². The van der Waals surface area contributed by atoms with E-state index in [0.29, 0.717) is 12.2 Å². The lowest BCUT2D eigenvalue weighted by molar-refractivity contribution is -0.143. The van der Waals surface area contributed by atoms with Crippen LogP contribution in [-0.4, -0.2) is 66.2 Å². The summed E-state index contributed by atoms with van der Waals surface area (Å²) in [4.78, 5) is 75.3. The van der Waals surface area contributed by atoms with Crippen LogP contribution >= 0.6 is 0 Å². The third kappa shape index (κ3) is 13.6. The van der Waals surface area contributed by atoms with Crippen LogP contribution in [0.5, 0.6) is 5.75 Å². The van der Waals surface area contributed by atoms with Crippen molar-refractivity contribution in [2.24, 2.45) is 22.8 Å². The molecular weight excluding hydrogens is 604 g/mol. The van der Waals surface area contributed by atoms with Crippen molar-refractivity contribution < 1.29 is 33.5 Å². The van der Waals surface area contributed by atoms with E-state index in [0.717, 1.165) is 11.1 Å². The molecule has 0 aliphatic carbocycles. The number of primary amides is 1. The van der Waals surface area contributed by atoms with E-state index in [2.05, 4.69) is 21.3 Å². The molecule has 0 saturated carbocycles. The Morgan fingerprint density at radius 3 is 1.89 bits per heavy atom. The molecule has 47 heavy (non-hydrogen) atoms. The number of hydrogen-bond donors (Lipinski definition) is 6. The Balaban J connectivity index is 1.92. The first-order chi connectivity index (χ1) is 22.0. The van der Waals surface area contributed by atoms with Crippen LogP contribution in [0.3, 0.4) is 0 Å². The molecule has 0 radical (unpaired) electrons. The molecule has 0 fully saturated rings. The van der Waals surface area contributed by atoms with E-state index in [1.807, 2.05) is 19.9 Å². The molecule has 256 valence electrons. The van der Waals surface area contributed by atoms with Crippen molar-refractivity contribution in [2.45, 2.75) is 85.0 Å². The van der Waals surface area contributed by atoms with Gasteiger partial charge in [0.1, 0.15) is 23.9 Å². The number of hydrogen-bond acceptors (Lipinski definition) is 8. The van der Waals surface area contributed by atoms with Crippen LogP contribution < -0.4 is 37.5 Å². The highest BCUT2D eigenvalue weighted by Crippen LogP contribution is 2.20. The summed E-state index contributed by atoms with van der Waals surface area (Å²) in [5.74, 6) is -3.07. The van der Waals surface area contributed by atoms with E-state index in [4.69, 9.17) is 16.2 Å². The second-order valence-electron chi connectivity index (χ2n) is 12.9. The van der Waals surface area contributed by atoms with Gasteiger partial charge in [-0.25, -0.2) is 0 Å². The van der Waals surface area contributed by atoms with Gasteiger partial charge in [0.2, 0.25) is 29.5 Å². The van der Waals surface area contributed by atoms with Crippen LogP contribution in [0.25, 0.3) is 0 Å². The first kappa shape index (κ1) is 38.4. The predicted molar refractivity (Wildman–Crippen MR) is 176 cm³/mol. The molecule has 0 aliphatic rings. The SMILES string of the molecule is CC(C)C[C@H](NC(=O)[C@H](Cc1ccccc1)NC(=O)CNC(=O)[C@@H](C)NC(=O)[C@@H](N)Cc1ccc(OC(=O)C(C)(C)C)cc1)C(N)=O. The summed E-state index contributed by atoms with van der Waals surface area (Å²) in [6.07, 6.45) is 0.626. The maximum atomic E-state index is 13.1. The number of carbonyl (C=O) groups excluding carboxylic acids is 6. The molecule has 0 bridgehead atoms. The van der Waals surface area contributed by atoms with Crippen LogP contribution in [0.15, 0.2) is 54.6 Å². The van der Waals surface area contributed by atoms with E-state index in [1.54, 1.807) is 69.3 Å². The number of amides is 5. The molecule has 5 amide bonds. The summed E-state index contributed by atoms with van der Waals surface area (Å²) in [7, 11) is 0. The minimum Gasteiger partial charge on any atom is -0.426 e. The molecule has 0 unspecified atom stereocenters. The third-order valence-corrected chi connectivity index (χ3v) is 7.02. The summed E-state index contributed by atoms with van der Waals surface area (Å²) >= 11 is 0. The van der Waals surface area contributed by atoms with Gasteiger partial charge in [0.25, 0.3) is 0 Å². The molecule has 0 heterocycles. The summed E-state index contributed by atoms with van der Waals surface area (Å²) in [5, 5.41) is 10.2. The van der Waals surface area contributed by atoms with E-state index < -0.39 is 65.7 Å². The lowest BCUT2D eigenvalue weighted by Gasteiger charge is -2.23. The maximum Gasteiger partial charge on any atom is 0.316 e. The standard InChI is InChI=1S/C34H48N6O7/c1-20(2)16-26(29(36)42)40-32(45)27(18-22-10-8-7-9-11-22)39-28(41)19-37-30(43)21(3)38-31(44)25(35)17-23-12-14-24(15-13-23)47-33(46)34(4,5)6/h7-15,20-21,25-27H,16-19,35H2,1-6H3,(H2,36,42)(H,37,43)(H,38,44)(H,39,41)(H,40,45)/t21-,25+,26+,27+/m1/s1. The first-order valence-corrected chi connectivity index (χ1v) is 15.5. The summed E-state index contributed by atoms with van der Waals surface area (Å²) in [5.41, 5.74) is 12.4. The molecule has 2 aromatic carbocycles. The minimum absolute atomic E-state index is 0.0836. The highest BCUT2D eigenvalue weighted by Gasteiger charge is 2.28. The number of ether oxygens (including phenoxy) is 1. The summed E-state index contributed by atoms with van der Waals surface area (Å²) < 4.78 is 5.34. The Bertz CT molecular complexity index is 1390. The molecule has 8 N–H and O–H groups in total. The smallest absolute Gasteiger partial charge is 0.316 e. The fourth-order valence-electron chi connectivity index (χ4n) is 4.30. The summed E-state index contributed by atoms with van der Waals surface area (Å²) in [6, 6.07) is 11.6. The van der Waals surface area contributed by atoms with Crippen LogP contribution in [0.2, 0.25) is 0 Å². The third-order valence-electron chi connectivity index (χ3n) is 7.02. The van der Waals surface area contributed by atoms with E-state index in [-0.39, 0.29) is 24.7 Å². The zero-order valence-corrected chi connectivity index (χ0v) is 27.9. The van der Waals surface area contributed by atoms with Gasteiger partial charge in [-0.1, -0.05) is 56.3 Å². The van der Waals surface area contributed by atoms with Gasteiger partial charge in [0.05, 0.1) is 18.0 Å². The van der Waals surface area contributed by atoms with Gasteiger partial charge in [-0.3, -0.25) is 28.8 Å². The molecule has 0 saturated heterocycles. The predicted octanol–water partition coefficient (Wildman–Crippen LogP) is 0.873. The van der Waals surface area contributed by atoms with Crippen LogP contribution in [0.1, 0.15) is 59.1 Å². The lowest BCUT2D eigenvalue weighted by atomic mass is 9.97. The Kier molecular flexibility index (Phi) is 14.5. The van der Waals surface area contributed by atoms with Gasteiger partial charge >= 0.3 is 5.97 Å². The van der Waals surface area contributed by atoms with Crippen molar-refractivity contribution in [1.82, 2.24) is 21.3 Å². The van der Waals surface area contributed by atoms with Crippen molar-refractivity contribution in [3.8, 4) is 5.75 Å². The Labute approximate surface area is 275 Å². The monoisotopic (exact) mass is 652 g/mol. The average Bonchev–Trinajstić information content (AvgIpc) is 2.99. The Morgan fingerprint density at radius 1 is 0.745 bits per heavy atom. The molecule has 2 aromatic rings. The van der Waals surface area contributed by atoms with Crippen LogP contribution in [-0.2, 0) is 41.6 Å². The Hall–Kier alpha value is -4.78. The maximum absolute atomic E-state index is 13.1.